The number of aromatic carboxylic acids is 1. The maximum atomic E-state index is 12.8. The number of carbonyl (C=O) groups is 2. The number of methoxy groups -OCH3 is 2. The molecule has 8 heteroatoms. The molecule has 27 heavy (non-hydrogen) atoms. The Morgan fingerprint density at radius 3 is 2.33 bits per heavy atom. The van der Waals surface area contributed by atoms with Crippen LogP contribution in [0.15, 0.2) is 36.4 Å². The van der Waals surface area contributed by atoms with Crippen LogP contribution in [0.5, 0.6) is 23.0 Å². The lowest BCUT2D eigenvalue weighted by Gasteiger charge is -2.31. The van der Waals surface area contributed by atoms with Gasteiger partial charge < -0.3 is 29.4 Å². The molecule has 0 saturated carbocycles. The van der Waals surface area contributed by atoms with Gasteiger partial charge in [-0.05, 0) is 31.2 Å². The van der Waals surface area contributed by atoms with Crippen LogP contribution in [-0.2, 0) is 4.79 Å². The summed E-state index contributed by atoms with van der Waals surface area (Å²) in [6.07, 6.45) is -1.47. The molecule has 2 aromatic rings. The molecule has 2 unspecified atom stereocenters. The monoisotopic (exact) mass is 373 g/mol. The third-order valence-corrected chi connectivity index (χ3v) is 4.08. The van der Waals surface area contributed by atoms with Crippen molar-refractivity contribution in [3.8, 4) is 23.0 Å². The Morgan fingerprint density at radius 2 is 1.74 bits per heavy atom. The highest BCUT2D eigenvalue weighted by Gasteiger charge is 2.34. The van der Waals surface area contributed by atoms with Gasteiger partial charge in [0.2, 0.25) is 6.10 Å². The van der Waals surface area contributed by atoms with Crippen molar-refractivity contribution >= 4 is 17.6 Å². The van der Waals surface area contributed by atoms with Gasteiger partial charge in [0, 0.05) is 0 Å². The highest BCUT2D eigenvalue weighted by molar-refractivity contribution is 5.99. The molecular formula is C19H19NO7. The molecule has 2 N–H and O–H groups in total. The first-order valence-corrected chi connectivity index (χ1v) is 8.17. The number of carboxylic acids is 1. The minimum Gasteiger partial charge on any atom is -0.493 e. The maximum Gasteiger partial charge on any atom is 0.335 e. The quantitative estimate of drug-likeness (QED) is 0.830. The highest BCUT2D eigenvalue weighted by atomic mass is 16.6. The van der Waals surface area contributed by atoms with Gasteiger partial charge in [-0.25, -0.2) is 4.79 Å². The highest BCUT2D eigenvalue weighted by Crippen LogP contribution is 2.38. The van der Waals surface area contributed by atoms with Crippen LogP contribution < -0.4 is 24.3 Å². The van der Waals surface area contributed by atoms with Crippen molar-refractivity contribution in [3.63, 3.8) is 0 Å². The number of benzene rings is 2. The van der Waals surface area contributed by atoms with Crippen LogP contribution in [0.3, 0.4) is 0 Å². The summed E-state index contributed by atoms with van der Waals surface area (Å²) in [6, 6.07) is 9.65. The number of anilines is 1. The fourth-order valence-electron chi connectivity index (χ4n) is 2.79. The Bertz CT molecular complexity index is 880. The molecule has 3 rings (SSSR count). The van der Waals surface area contributed by atoms with E-state index in [1.54, 1.807) is 25.1 Å². The van der Waals surface area contributed by atoms with Gasteiger partial charge in [-0.2, -0.15) is 0 Å². The minimum atomic E-state index is -1.16. The number of hydrogen-bond donors (Lipinski definition) is 2. The molecule has 1 aliphatic rings. The van der Waals surface area contributed by atoms with Crippen LogP contribution in [-0.4, -0.2) is 43.4 Å². The normalized spacial score (nSPS) is 17.7. The Hall–Kier alpha value is -3.42. The van der Waals surface area contributed by atoms with Crippen LogP contribution in [0.2, 0.25) is 0 Å². The summed E-state index contributed by atoms with van der Waals surface area (Å²) in [4.78, 5) is 24.1. The largest absolute Gasteiger partial charge is 0.493 e. The molecule has 0 bridgehead atoms. The fourth-order valence-corrected chi connectivity index (χ4v) is 2.79. The number of carbonyl (C=O) groups excluding carboxylic acids is 1. The zero-order valence-electron chi connectivity index (χ0n) is 15.0. The number of rotatable bonds is 5. The van der Waals surface area contributed by atoms with Crippen LogP contribution >= 0.6 is 0 Å². The van der Waals surface area contributed by atoms with Crippen molar-refractivity contribution in [2.24, 2.45) is 0 Å². The van der Waals surface area contributed by atoms with Gasteiger partial charge in [-0.15, -0.1) is 0 Å². The van der Waals surface area contributed by atoms with Crippen molar-refractivity contribution in [3.05, 3.63) is 42.0 Å². The van der Waals surface area contributed by atoms with E-state index in [-0.39, 0.29) is 22.7 Å². The summed E-state index contributed by atoms with van der Waals surface area (Å²) in [5.74, 6) is -0.251. The summed E-state index contributed by atoms with van der Waals surface area (Å²) >= 11 is 0. The smallest absolute Gasteiger partial charge is 0.335 e. The third-order valence-electron chi connectivity index (χ3n) is 4.08. The molecule has 1 amide bonds. The van der Waals surface area contributed by atoms with E-state index < -0.39 is 24.1 Å². The van der Waals surface area contributed by atoms with Gasteiger partial charge in [0.05, 0.1) is 25.5 Å². The zero-order chi connectivity index (χ0) is 19.6. The van der Waals surface area contributed by atoms with E-state index in [2.05, 4.69) is 5.32 Å². The lowest BCUT2D eigenvalue weighted by molar-refractivity contribution is -0.128. The van der Waals surface area contributed by atoms with Crippen LogP contribution in [0, 0.1) is 0 Å². The average molecular weight is 373 g/mol. The first kappa shape index (κ1) is 18.4. The fraction of sp³-hybridized carbons (Fsp3) is 0.263. The van der Waals surface area contributed by atoms with E-state index in [0.29, 0.717) is 11.5 Å². The van der Waals surface area contributed by atoms with E-state index in [9.17, 15) is 14.7 Å². The van der Waals surface area contributed by atoms with Crippen molar-refractivity contribution in [2.45, 2.75) is 19.1 Å². The molecule has 0 saturated heterocycles. The molecule has 0 spiro atoms. The second-order valence-electron chi connectivity index (χ2n) is 5.86. The number of nitrogens with one attached hydrogen (secondary N) is 1. The second-order valence-corrected chi connectivity index (χ2v) is 5.86. The average Bonchev–Trinajstić information content (AvgIpc) is 2.66. The third kappa shape index (κ3) is 3.59. The lowest BCUT2D eigenvalue weighted by Crippen LogP contribution is -2.46. The molecule has 142 valence electrons. The predicted octanol–water partition coefficient (Wildman–Crippen LogP) is 2.57. The molecule has 1 heterocycles. The summed E-state index contributed by atoms with van der Waals surface area (Å²) < 4.78 is 21.9. The Morgan fingerprint density at radius 1 is 1.07 bits per heavy atom. The second kappa shape index (κ2) is 7.45. The summed E-state index contributed by atoms with van der Waals surface area (Å²) in [5.41, 5.74) is 0.107. The minimum absolute atomic E-state index is 0.0536. The molecule has 0 radical (unpaired) electrons. The van der Waals surface area contributed by atoms with Crippen LogP contribution in [0.4, 0.5) is 5.69 Å². The zero-order valence-corrected chi connectivity index (χ0v) is 15.0. The number of hydrogen-bond acceptors (Lipinski definition) is 6. The van der Waals surface area contributed by atoms with Crippen molar-refractivity contribution < 1.29 is 33.6 Å². The Labute approximate surface area is 155 Å². The van der Waals surface area contributed by atoms with Gasteiger partial charge in [0.15, 0.2) is 23.0 Å². The van der Waals surface area contributed by atoms with E-state index in [0.717, 1.165) is 0 Å². The molecular weight excluding hydrogens is 354 g/mol. The molecule has 8 nitrogen and oxygen atoms in total. The van der Waals surface area contributed by atoms with Crippen LogP contribution in [0.1, 0.15) is 17.3 Å². The van der Waals surface area contributed by atoms with E-state index in [1.807, 2.05) is 6.07 Å². The Balaban J connectivity index is 1.89. The van der Waals surface area contributed by atoms with Gasteiger partial charge in [-0.3, -0.25) is 4.79 Å². The van der Waals surface area contributed by atoms with E-state index >= 15 is 0 Å². The number of ether oxygens (including phenoxy) is 4. The van der Waals surface area contributed by atoms with Gasteiger partial charge in [0.1, 0.15) is 6.10 Å². The van der Waals surface area contributed by atoms with E-state index in [1.165, 1.54) is 26.4 Å². The number of para-hydroxylation sites is 2. The summed E-state index contributed by atoms with van der Waals surface area (Å²) in [6.45, 7) is 1.71. The molecule has 1 aliphatic heterocycles. The predicted molar refractivity (Wildman–Crippen MR) is 96.1 cm³/mol. The molecule has 0 aliphatic carbocycles. The van der Waals surface area contributed by atoms with Gasteiger partial charge in [-0.1, -0.05) is 12.1 Å². The Kier molecular flexibility index (Phi) is 5.07. The topological polar surface area (TPSA) is 103 Å². The molecule has 0 aromatic heterocycles. The lowest BCUT2D eigenvalue weighted by atomic mass is 10.1. The molecule has 2 atom stereocenters. The van der Waals surface area contributed by atoms with Crippen LogP contribution in [0.25, 0.3) is 0 Å². The van der Waals surface area contributed by atoms with E-state index in [4.69, 9.17) is 18.9 Å². The molecule has 2 aromatic carbocycles. The maximum absolute atomic E-state index is 12.8. The van der Waals surface area contributed by atoms with Crippen molar-refractivity contribution in [2.75, 3.05) is 19.5 Å². The first-order valence-electron chi connectivity index (χ1n) is 8.17. The van der Waals surface area contributed by atoms with Crippen molar-refractivity contribution in [1.29, 1.82) is 0 Å². The molecule has 0 fully saturated rings. The number of fused-ring (bicyclic) bond motifs is 1. The first-order chi connectivity index (χ1) is 12.9. The summed E-state index contributed by atoms with van der Waals surface area (Å²) in [5, 5.41) is 11.9. The number of carboxylic acid groups (broad SMARTS) is 1. The van der Waals surface area contributed by atoms with Gasteiger partial charge in [0.25, 0.3) is 5.91 Å². The van der Waals surface area contributed by atoms with Gasteiger partial charge >= 0.3 is 5.97 Å². The standard InChI is InChI=1S/C19H19NO7/c1-10-16(27-14-7-5-4-6-13(14)26-10)18(21)20-12-8-11(19(22)23)9-15(24-2)17(12)25-3/h4-10,16H,1-3H3,(H,20,21)(H,22,23). The number of amides is 1. The SMILES string of the molecule is COc1cc(C(=O)O)cc(NC(=O)C2Oc3ccccc3OC2C)c1OC. The van der Waals surface area contributed by atoms with Crippen molar-refractivity contribution in [1.82, 2.24) is 0 Å². The summed E-state index contributed by atoms with van der Waals surface area (Å²) in [7, 11) is 2.78.